The summed E-state index contributed by atoms with van der Waals surface area (Å²) < 4.78 is 0. The molecule has 0 aliphatic carbocycles. The summed E-state index contributed by atoms with van der Waals surface area (Å²) in [6, 6.07) is 9.34. The van der Waals surface area contributed by atoms with Crippen molar-refractivity contribution in [1.29, 1.82) is 0 Å². The van der Waals surface area contributed by atoms with Crippen molar-refractivity contribution in [1.82, 2.24) is 4.90 Å². The lowest BCUT2D eigenvalue weighted by Gasteiger charge is -2.27. The van der Waals surface area contributed by atoms with Crippen molar-refractivity contribution in [3.05, 3.63) is 35.9 Å². The smallest absolute Gasteiger partial charge is 0.232 e. The van der Waals surface area contributed by atoms with Gasteiger partial charge in [0.2, 0.25) is 11.8 Å². The van der Waals surface area contributed by atoms with E-state index in [1.54, 1.807) is 0 Å². The first-order valence-electron chi connectivity index (χ1n) is 5.22. The van der Waals surface area contributed by atoms with E-state index in [-0.39, 0.29) is 24.7 Å². The molecule has 1 heterocycles. The van der Waals surface area contributed by atoms with Crippen LogP contribution in [0.15, 0.2) is 30.3 Å². The average molecular weight is 219 g/mol. The van der Waals surface area contributed by atoms with Crippen LogP contribution in [0, 0.1) is 0 Å². The zero-order chi connectivity index (χ0) is 11.5. The molecule has 2 amide bonds. The first kappa shape index (κ1) is 10.8. The van der Waals surface area contributed by atoms with Crippen molar-refractivity contribution in [2.24, 2.45) is 0 Å². The number of benzene rings is 1. The molecule has 4 heteroatoms. The molecule has 1 fully saturated rings. The normalized spacial score (nSPS) is 17.9. The number of nitrogens with zero attached hydrogens (tertiary/aromatic N) is 1. The standard InChI is InChI=1S/C12H13NO3/c14-10-6-11(15)13(12(16)7-10)8-9-4-2-1-3-5-9/h1-5,10,14H,6-8H2. The first-order chi connectivity index (χ1) is 7.66. The van der Waals surface area contributed by atoms with Crippen molar-refractivity contribution in [3.63, 3.8) is 0 Å². The summed E-state index contributed by atoms with van der Waals surface area (Å²) in [6.45, 7) is 0.297. The summed E-state index contributed by atoms with van der Waals surface area (Å²) in [5.41, 5.74) is 0.917. The molecule has 0 atom stereocenters. The van der Waals surface area contributed by atoms with Crippen LogP contribution in [0.25, 0.3) is 0 Å². The molecule has 2 rings (SSSR count). The highest BCUT2D eigenvalue weighted by Crippen LogP contribution is 2.16. The van der Waals surface area contributed by atoms with Crippen molar-refractivity contribution >= 4 is 11.8 Å². The van der Waals surface area contributed by atoms with Crippen LogP contribution in [0.5, 0.6) is 0 Å². The Kier molecular flexibility index (Phi) is 3.01. The number of amides is 2. The molecular weight excluding hydrogens is 206 g/mol. The van der Waals surface area contributed by atoms with Gasteiger partial charge in [0, 0.05) is 0 Å². The number of carbonyl (C=O) groups is 2. The molecule has 0 saturated carbocycles. The molecule has 0 radical (unpaired) electrons. The lowest BCUT2D eigenvalue weighted by atomic mass is 10.1. The summed E-state index contributed by atoms with van der Waals surface area (Å²) in [4.78, 5) is 24.3. The molecule has 84 valence electrons. The molecule has 1 aliphatic rings. The second-order valence-electron chi connectivity index (χ2n) is 3.92. The van der Waals surface area contributed by atoms with Gasteiger partial charge < -0.3 is 5.11 Å². The van der Waals surface area contributed by atoms with E-state index in [9.17, 15) is 14.7 Å². The van der Waals surface area contributed by atoms with Gasteiger partial charge in [0.1, 0.15) is 0 Å². The summed E-state index contributed by atoms with van der Waals surface area (Å²) >= 11 is 0. The predicted molar refractivity (Wildman–Crippen MR) is 57.2 cm³/mol. The Morgan fingerprint density at radius 1 is 1.12 bits per heavy atom. The molecule has 1 aliphatic heterocycles. The Morgan fingerprint density at radius 3 is 2.25 bits per heavy atom. The second-order valence-corrected chi connectivity index (χ2v) is 3.92. The molecule has 4 nitrogen and oxygen atoms in total. The van der Waals surface area contributed by atoms with Crippen LogP contribution in [0.4, 0.5) is 0 Å². The van der Waals surface area contributed by atoms with Gasteiger partial charge in [0.05, 0.1) is 25.5 Å². The van der Waals surface area contributed by atoms with E-state index in [0.717, 1.165) is 5.56 Å². The predicted octanol–water partition coefficient (Wildman–Crippen LogP) is 0.696. The summed E-state index contributed by atoms with van der Waals surface area (Å²) in [6.07, 6.45) is -0.732. The Hall–Kier alpha value is -1.68. The minimum atomic E-state index is -0.813. The molecule has 0 unspecified atom stereocenters. The Balaban J connectivity index is 2.10. The molecule has 1 aromatic carbocycles. The SMILES string of the molecule is O=C1CC(O)CC(=O)N1Cc1ccccc1. The van der Waals surface area contributed by atoms with Gasteiger partial charge in [-0.05, 0) is 5.56 Å². The highest BCUT2D eigenvalue weighted by molar-refractivity contribution is 5.98. The molecule has 1 N–H and O–H groups in total. The van der Waals surface area contributed by atoms with Crippen molar-refractivity contribution in [2.75, 3.05) is 0 Å². The van der Waals surface area contributed by atoms with Gasteiger partial charge in [-0.2, -0.15) is 0 Å². The zero-order valence-corrected chi connectivity index (χ0v) is 8.80. The summed E-state index contributed by atoms with van der Waals surface area (Å²) in [7, 11) is 0. The van der Waals surface area contributed by atoms with Gasteiger partial charge in [-0.1, -0.05) is 30.3 Å². The van der Waals surface area contributed by atoms with Crippen LogP contribution in [0.1, 0.15) is 18.4 Å². The maximum atomic E-state index is 11.6. The van der Waals surface area contributed by atoms with Gasteiger partial charge in [0.25, 0.3) is 0 Å². The third-order valence-corrected chi connectivity index (χ3v) is 2.61. The highest BCUT2D eigenvalue weighted by atomic mass is 16.3. The van der Waals surface area contributed by atoms with Gasteiger partial charge in [0.15, 0.2) is 0 Å². The average Bonchev–Trinajstić information content (AvgIpc) is 2.25. The quantitative estimate of drug-likeness (QED) is 0.745. The van der Waals surface area contributed by atoms with Gasteiger partial charge >= 0.3 is 0 Å². The number of piperidine rings is 1. The van der Waals surface area contributed by atoms with E-state index >= 15 is 0 Å². The fourth-order valence-corrected chi connectivity index (χ4v) is 1.78. The number of aliphatic hydroxyl groups is 1. The number of hydrogen-bond acceptors (Lipinski definition) is 3. The summed E-state index contributed by atoms with van der Waals surface area (Å²) in [5.74, 6) is -0.597. The fourth-order valence-electron chi connectivity index (χ4n) is 1.78. The van der Waals surface area contributed by atoms with E-state index in [0.29, 0.717) is 6.54 Å². The van der Waals surface area contributed by atoms with Crippen LogP contribution >= 0.6 is 0 Å². The minimum Gasteiger partial charge on any atom is -0.392 e. The zero-order valence-electron chi connectivity index (χ0n) is 8.80. The molecule has 16 heavy (non-hydrogen) atoms. The highest BCUT2D eigenvalue weighted by Gasteiger charge is 2.31. The van der Waals surface area contributed by atoms with Crippen LogP contribution in [-0.4, -0.2) is 27.9 Å². The lowest BCUT2D eigenvalue weighted by molar-refractivity contribution is -0.152. The largest absolute Gasteiger partial charge is 0.392 e. The molecule has 1 aromatic rings. The van der Waals surface area contributed by atoms with Gasteiger partial charge in [-0.25, -0.2) is 0 Å². The number of rotatable bonds is 2. The molecular formula is C12H13NO3. The Bertz CT molecular complexity index is 384. The number of hydrogen-bond donors (Lipinski definition) is 1. The number of likely N-dealkylation sites (tertiary alicyclic amines) is 1. The third kappa shape index (κ3) is 2.28. The molecule has 0 bridgehead atoms. The number of carbonyl (C=O) groups excluding carboxylic acids is 2. The van der Waals surface area contributed by atoms with Gasteiger partial charge in [-0.3, -0.25) is 14.5 Å². The minimum absolute atomic E-state index is 0.0403. The topological polar surface area (TPSA) is 57.6 Å². The Labute approximate surface area is 93.5 Å². The van der Waals surface area contributed by atoms with E-state index in [1.807, 2.05) is 30.3 Å². The monoisotopic (exact) mass is 219 g/mol. The maximum Gasteiger partial charge on any atom is 0.232 e. The summed E-state index contributed by atoms with van der Waals surface area (Å²) in [5, 5.41) is 9.27. The maximum absolute atomic E-state index is 11.6. The molecule has 0 aromatic heterocycles. The Morgan fingerprint density at radius 2 is 1.69 bits per heavy atom. The van der Waals surface area contributed by atoms with Gasteiger partial charge in [-0.15, -0.1) is 0 Å². The molecule has 1 saturated heterocycles. The third-order valence-electron chi connectivity index (χ3n) is 2.61. The van der Waals surface area contributed by atoms with E-state index in [2.05, 4.69) is 0 Å². The van der Waals surface area contributed by atoms with Crippen molar-refractivity contribution in [2.45, 2.75) is 25.5 Å². The number of imide groups is 1. The second kappa shape index (κ2) is 4.45. The van der Waals surface area contributed by atoms with Crippen molar-refractivity contribution in [3.8, 4) is 0 Å². The van der Waals surface area contributed by atoms with Crippen LogP contribution < -0.4 is 0 Å². The van der Waals surface area contributed by atoms with Crippen LogP contribution in [0.3, 0.4) is 0 Å². The van der Waals surface area contributed by atoms with E-state index in [4.69, 9.17) is 0 Å². The lowest BCUT2D eigenvalue weighted by Crippen LogP contribution is -2.44. The van der Waals surface area contributed by atoms with E-state index < -0.39 is 6.10 Å². The number of aliphatic hydroxyl groups excluding tert-OH is 1. The molecule has 0 spiro atoms. The fraction of sp³-hybridized carbons (Fsp3) is 0.333. The van der Waals surface area contributed by atoms with E-state index in [1.165, 1.54) is 4.90 Å². The first-order valence-corrected chi connectivity index (χ1v) is 5.22. The van der Waals surface area contributed by atoms with Crippen molar-refractivity contribution < 1.29 is 14.7 Å². The van der Waals surface area contributed by atoms with Crippen LogP contribution in [0.2, 0.25) is 0 Å². The van der Waals surface area contributed by atoms with Crippen LogP contribution in [-0.2, 0) is 16.1 Å².